The quantitative estimate of drug-likeness (QED) is 0.0197. The summed E-state index contributed by atoms with van der Waals surface area (Å²) in [6.07, 6.45) is 60.3. The van der Waals surface area contributed by atoms with E-state index in [1.807, 2.05) is 21.1 Å². The Bertz CT molecular complexity index is 1140. The molecule has 2 unspecified atom stereocenters. The number of ether oxygens (including phenoxy) is 2. The number of unbranched alkanes of at least 4 members (excludes halogenated alkanes) is 32. The molecule has 384 valence electrons. The molecule has 0 bridgehead atoms. The monoisotopic (exact) mass is 938 g/mol. The van der Waals surface area contributed by atoms with Gasteiger partial charge in [0.25, 0.3) is 7.82 Å². The Hall–Kier alpha value is -1.28. The molecular formula is C56H108NO7P. The molecule has 0 amide bonds. The number of allylic oxidation sites excluding steroid dienone is 6. The van der Waals surface area contributed by atoms with Crippen LogP contribution in [0.4, 0.5) is 0 Å². The van der Waals surface area contributed by atoms with Gasteiger partial charge in [0.2, 0.25) is 0 Å². The highest BCUT2D eigenvalue weighted by Crippen LogP contribution is 2.38. The second-order valence-electron chi connectivity index (χ2n) is 20.0. The number of hydrogen-bond donors (Lipinski definition) is 0. The minimum atomic E-state index is -4.54. The van der Waals surface area contributed by atoms with Crippen molar-refractivity contribution in [3.63, 3.8) is 0 Å². The van der Waals surface area contributed by atoms with Gasteiger partial charge in [-0.25, -0.2) is 0 Å². The third-order valence-electron chi connectivity index (χ3n) is 12.2. The van der Waals surface area contributed by atoms with Gasteiger partial charge in [-0.1, -0.05) is 237 Å². The van der Waals surface area contributed by atoms with Gasteiger partial charge in [-0.2, -0.15) is 0 Å². The second-order valence-corrected chi connectivity index (χ2v) is 21.4. The van der Waals surface area contributed by atoms with Gasteiger partial charge in [-0.3, -0.25) is 9.36 Å². The summed E-state index contributed by atoms with van der Waals surface area (Å²) in [5, 5.41) is 0. The van der Waals surface area contributed by atoms with Crippen LogP contribution in [0.3, 0.4) is 0 Å². The van der Waals surface area contributed by atoms with Gasteiger partial charge in [0, 0.05) is 13.0 Å². The molecule has 0 aromatic heterocycles. The maximum atomic E-state index is 12.8. The van der Waals surface area contributed by atoms with Gasteiger partial charge in [0.05, 0.1) is 34.4 Å². The van der Waals surface area contributed by atoms with E-state index in [1.165, 1.54) is 180 Å². The molecule has 9 heteroatoms. The van der Waals surface area contributed by atoms with E-state index in [0.29, 0.717) is 24.1 Å². The predicted octanol–water partition coefficient (Wildman–Crippen LogP) is 16.7. The summed E-state index contributed by atoms with van der Waals surface area (Å²) >= 11 is 0. The minimum Gasteiger partial charge on any atom is -0.756 e. The number of nitrogens with zero attached hydrogens (tertiary/aromatic N) is 1. The van der Waals surface area contributed by atoms with Crippen LogP contribution in [0, 0.1) is 0 Å². The van der Waals surface area contributed by atoms with Crippen molar-refractivity contribution < 1.29 is 37.3 Å². The number of likely N-dealkylation sites (N-methyl/N-ethyl adjacent to an activating group) is 1. The fourth-order valence-corrected chi connectivity index (χ4v) is 8.64. The Morgan fingerprint density at radius 2 is 0.846 bits per heavy atom. The van der Waals surface area contributed by atoms with Crippen LogP contribution in [-0.2, 0) is 27.9 Å². The topological polar surface area (TPSA) is 94.1 Å². The van der Waals surface area contributed by atoms with Crippen LogP contribution in [0.5, 0.6) is 0 Å². The number of quaternary nitrogens is 1. The van der Waals surface area contributed by atoms with Crippen LogP contribution < -0.4 is 4.89 Å². The van der Waals surface area contributed by atoms with Crippen LogP contribution in [0.25, 0.3) is 0 Å². The first-order chi connectivity index (χ1) is 31.6. The van der Waals surface area contributed by atoms with Crippen molar-refractivity contribution >= 4 is 13.8 Å². The number of phosphoric ester groups is 1. The molecule has 0 rings (SSSR count). The van der Waals surface area contributed by atoms with Gasteiger partial charge in [-0.05, 0) is 51.4 Å². The Kier molecular flexibility index (Phi) is 48.2. The van der Waals surface area contributed by atoms with E-state index in [1.54, 1.807) is 0 Å². The van der Waals surface area contributed by atoms with Crippen LogP contribution in [-0.4, -0.2) is 70.7 Å². The largest absolute Gasteiger partial charge is 0.756 e. The molecule has 0 spiro atoms. The first kappa shape index (κ1) is 63.7. The maximum Gasteiger partial charge on any atom is 0.306 e. The predicted molar refractivity (Wildman–Crippen MR) is 277 cm³/mol. The fourth-order valence-electron chi connectivity index (χ4n) is 7.91. The van der Waals surface area contributed by atoms with Crippen molar-refractivity contribution in [2.75, 3.05) is 54.1 Å². The van der Waals surface area contributed by atoms with Crippen molar-refractivity contribution in [2.45, 2.75) is 264 Å². The molecule has 0 N–H and O–H groups in total. The lowest BCUT2D eigenvalue weighted by atomic mass is 10.0. The van der Waals surface area contributed by atoms with Crippen molar-refractivity contribution in [3.8, 4) is 0 Å². The highest BCUT2D eigenvalue weighted by molar-refractivity contribution is 7.45. The SMILES string of the molecule is CCCCCCC/C=C\C/C=C\C/C=C\CCCCCCCCC(=O)OC(COCCCCCCCCCCCCCCCCCCCCCCCC)COP(=O)([O-])OCC[N+](C)(C)C. The fraction of sp³-hybridized carbons (Fsp3) is 0.875. The Balaban J connectivity index is 4.11. The third kappa shape index (κ3) is 53.5. The van der Waals surface area contributed by atoms with E-state index in [0.717, 1.165) is 57.8 Å². The molecule has 0 saturated heterocycles. The average Bonchev–Trinajstić information content (AvgIpc) is 3.27. The summed E-state index contributed by atoms with van der Waals surface area (Å²) in [4.78, 5) is 25.2. The van der Waals surface area contributed by atoms with Gasteiger partial charge < -0.3 is 27.9 Å². The summed E-state index contributed by atoms with van der Waals surface area (Å²) in [5.41, 5.74) is 0. The van der Waals surface area contributed by atoms with E-state index in [-0.39, 0.29) is 25.8 Å². The zero-order chi connectivity index (χ0) is 47.6. The molecule has 0 heterocycles. The van der Waals surface area contributed by atoms with Gasteiger partial charge in [0.1, 0.15) is 19.3 Å². The molecule has 65 heavy (non-hydrogen) atoms. The molecular weight excluding hydrogens is 830 g/mol. The zero-order valence-corrected chi connectivity index (χ0v) is 44.6. The molecule has 0 saturated carbocycles. The summed E-state index contributed by atoms with van der Waals surface area (Å²) in [6, 6.07) is 0. The van der Waals surface area contributed by atoms with Crippen LogP contribution >= 0.6 is 7.82 Å². The molecule has 0 aliphatic rings. The Labute approximate surface area is 404 Å². The lowest BCUT2D eigenvalue weighted by Crippen LogP contribution is -2.37. The van der Waals surface area contributed by atoms with E-state index in [2.05, 4.69) is 50.3 Å². The number of esters is 1. The molecule has 0 aromatic rings. The van der Waals surface area contributed by atoms with Crippen molar-refractivity contribution in [2.24, 2.45) is 0 Å². The first-order valence-corrected chi connectivity index (χ1v) is 29.2. The normalized spacial score (nSPS) is 13.8. The Morgan fingerprint density at radius 3 is 1.26 bits per heavy atom. The van der Waals surface area contributed by atoms with Gasteiger partial charge in [-0.15, -0.1) is 0 Å². The lowest BCUT2D eigenvalue weighted by Gasteiger charge is -2.28. The smallest absolute Gasteiger partial charge is 0.306 e. The third-order valence-corrected chi connectivity index (χ3v) is 13.2. The molecule has 0 radical (unpaired) electrons. The number of hydrogen-bond acceptors (Lipinski definition) is 7. The number of carbonyl (C=O) groups excluding carboxylic acids is 1. The lowest BCUT2D eigenvalue weighted by molar-refractivity contribution is -0.870. The van der Waals surface area contributed by atoms with Crippen LogP contribution in [0.1, 0.15) is 258 Å². The van der Waals surface area contributed by atoms with E-state index >= 15 is 0 Å². The summed E-state index contributed by atoms with van der Waals surface area (Å²) in [6.45, 7) is 5.43. The maximum absolute atomic E-state index is 12.8. The highest BCUT2D eigenvalue weighted by Gasteiger charge is 2.20. The number of rotatable bonds is 52. The summed E-state index contributed by atoms with van der Waals surface area (Å²) < 4.78 is 34.8. The van der Waals surface area contributed by atoms with Crippen molar-refractivity contribution in [1.82, 2.24) is 0 Å². The molecule has 0 aliphatic heterocycles. The van der Waals surface area contributed by atoms with E-state index in [9.17, 15) is 14.3 Å². The minimum absolute atomic E-state index is 0.0245. The molecule has 0 fully saturated rings. The number of phosphoric acid groups is 1. The number of carbonyl (C=O) groups is 1. The zero-order valence-electron chi connectivity index (χ0n) is 43.7. The molecule has 0 aliphatic carbocycles. The first-order valence-electron chi connectivity index (χ1n) is 27.7. The molecule has 2 atom stereocenters. The summed E-state index contributed by atoms with van der Waals surface area (Å²) in [7, 11) is 1.36. The van der Waals surface area contributed by atoms with E-state index in [4.69, 9.17) is 18.5 Å². The standard InChI is InChI=1S/C56H108NO7P/c1-6-8-10-12-14-16-18-20-22-24-26-28-30-32-34-36-38-40-42-44-46-48-51-61-53-55(54-63-65(59,60)62-52-50-57(3,4)5)64-56(58)49-47-45-43-41-39-37-35-33-31-29-27-25-23-21-19-17-15-13-11-9-7-2/h19,21,25,27,31,33,55H,6-18,20,22-24,26,28-30,32,34-54H2,1-5H3/b21-19-,27-25-,33-31-. The van der Waals surface area contributed by atoms with Gasteiger partial charge >= 0.3 is 5.97 Å². The molecule has 8 nitrogen and oxygen atoms in total. The van der Waals surface area contributed by atoms with Crippen molar-refractivity contribution in [3.05, 3.63) is 36.5 Å². The molecule has 0 aromatic carbocycles. The second kappa shape index (κ2) is 49.2. The highest BCUT2D eigenvalue weighted by atomic mass is 31.2. The van der Waals surface area contributed by atoms with Gasteiger partial charge in [0.15, 0.2) is 0 Å². The van der Waals surface area contributed by atoms with Crippen molar-refractivity contribution in [1.29, 1.82) is 0 Å². The Morgan fingerprint density at radius 1 is 0.477 bits per heavy atom. The van der Waals surface area contributed by atoms with Crippen LogP contribution in [0.2, 0.25) is 0 Å². The van der Waals surface area contributed by atoms with E-state index < -0.39 is 13.9 Å². The average molecular weight is 938 g/mol. The van der Waals surface area contributed by atoms with Crippen LogP contribution in [0.15, 0.2) is 36.5 Å². The summed E-state index contributed by atoms with van der Waals surface area (Å²) in [5.74, 6) is -0.341.